The molecule has 0 aliphatic carbocycles. The van der Waals surface area contributed by atoms with E-state index >= 15 is 0 Å². The fraction of sp³-hybridized carbons (Fsp3) is 0.545. The number of carbonyl (C=O) groups is 1. The molecule has 0 aliphatic rings. The zero-order valence-electron chi connectivity index (χ0n) is 10.2. The van der Waals surface area contributed by atoms with Crippen molar-refractivity contribution in [1.82, 2.24) is 15.1 Å². The van der Waals surface area contributed by atoms with Crippen molar-refractivity contribution in [2.45, 2.75) is 19.4 Å². The lowest BCUT2D eigenvalue weighted by Gasteiger charge is -2.24. The van der Waals surface area contributed by atoms with E-state index in [1.807, 2.05) is 6.92 Å². The van der Waals surface area contributed by atoms with Gasteiger partial charge < -0.3 is 4.90 Å². The van der Waals surface area contributed by atoms with Gasteiger partial charge in [-0.15, -0.1) is 10.2 Å². The van der Waals surface area contributed by atoms with Crippen molar-refractivity contribution in [3.05, 3.63) is 23.0 Å². The molecular formula is C11H16ClN3OS. The first-order chi connectivity index (χ1) is 8.06. The predicted molar refractivity (Wildman–Crippen MR) is 71.6 cm³/mol. The lowest BCUT2D eigenvalue weighted by molar-refractivity contribution is 0.0734. The van der Waals surface area contributed by atoms with Crippen LogP contribution in [0.5, 0.6) is 0 Å². The summed E-state index contributed by atoms with van der Waals surface area (Å²) in [6.45, 7) is 2.03. The molecule has 0 bridgehead atoms. The fourth-order valence-electron chi connectivity index (χ4n) is 1.29. The lowest BCUT2D eigenvalue weighted by atomic mass is 10.2. The lowest BCUT2D eigenvalue weighted by Crippen LogP contribution is -2.36. The van der Waals surface area contributed by atoms with E-state index in [4.69, 9.17) is 11.6 Å². The summed E-state index contributed by atoms with van der Waals surface area (Å²) in [4.78, 5) is 13.7. The van der Waals surface area contributed by atoms with Crippen LogP contribution in [0.4, 0.5) is 0 Å². The summed E-state index contributed by atoms with van der Waals surface area (Å²) in [6.07, 6.45) is 3.02. The summed E-state index contributed by atoms with van der Waals surface area (Å²) in [6, 6.07) is 3.35. The second-order valence-corrected chi connectivity index (χ2v) is 5.16. The second kappa shape index (κ2) is 6.81. The van der Waals surface area contributed by atoms with E-state index in [0.29, 0.717) is 10.8 Å². The van der Waals surface area contributed by atoms with E-state index < -0.39 is 0 Å². The summed E-state index contributed by atoms with van der Waals surface area (Å²) in [5, 5.41) is 7.74. The molecular weight excluding hydrogens is 258 g/mol. The normalized spacial score (nSPS) is 12.2. The van der Waals surface area contributed by atoms with Crippen molar-refractivity contribution in [3.8, 4) is 0 Å². The largest absolute Gasteiger partial charge is 0.338 e. The van der Waals surface area contributed by atoms with Crippen LogP contribution in [-0.2, 0) is 0 Å². The highest BCUT2D eigenvalue weighted by molar-refractivity contribution is 7.98. The zero-order chi connectivity index (χ0) is 12.8. The minimum atomic E-state index is -0.122. The van der Waals surface area contributed by atoms with E-state index in [-0.39, 0.29) is 11.9 Å². The zero-order valence-corrected chi connectivity index (χ0v) is 11.8. The van der Waals surface area contributed by atoms with Crippen LogP contribution >= 0.6 is 23.4 Å². The molecule has 94 valence electrons. The Morgan fingerprint density at radius 3 is 2.76 bits per heavy atom. The first kappa shape index (κ1) is 14.3. The number of hydrogen-bond acceptors (Lipinski definition) is 4. The third-order valence-electron chi connectivity index (χ3n) is 2.57. The van der Waals surface area contributed by atoms with Crippen LogP contribution in [-0.4, -0.2) is 46.1 Å². The standard InChI is InChI=1S/C11H16ClN3OS/c1-8(6-7-17-3)15(2)11(16)9-4-5-10(12)14-13-9/h4-5,8H,6-7H2,1-3H3. The van der Waals surface area contributed by atoms with Gasteiger partial charge in [0.25, 0.3) is 5.91 Å². The quantitative estimate of drug-likeness (QED) is 0.826. The number of halogens is 1. The summed E-state index contributed by atoms with van der Waals surface area (Å²) < 4.78 is 0. The SMILES string of the molecule is CSCCC(C)N(C)C(=O)c1ccc(Cl)nn1. The number of thioether (sulfide) groups is 1. The Morgan fingerprint density at radius 1 is 1.53 bits per heavy atom. The van der Waals surface area contributed by atoms with Crippen molar-refractivity contribution in [2.75, 3.05) is 19.1 Å². The minimum absolute atomic E-state index is 0.122. The molecule has 0 saturated carbocycles. The molecule has 0 radical (unpaired) electrons. The number of aromatic nitrogens is 2. The fourth-order valence-corrected chi connectivity index (χ4v) is 1.97. The van der Waals surface area contributed by atoms with Gasteiger partial charge in [0, 0.05) is 13.1 Å². The summed E-state index contributed by atoms with van der Waals surface area (Å²) in [5.41, 5.74) is 0.327. The molecule has 1 aromatic rings. The highest BCUT2D eigenvalue weighted by Gasteiger charge is 2.18. The molecule has 1 heterocycles. The first-order valence-electron chi connectivity index (χ1n) is 5.31. The molecule has 6 heteroatoms. The molecule has 1 rings (SSSR count). The molecule has 4 nitrogen and oxygen atoms in total. The maximum atomic E-state index is 12.0. The van der Waals surface area contributed by atoms with Gasteiger partial charge in [0.2, 0.25) is 0 Å². The van der Waals surface area contributed by atoms with Crippen molar-refractivity contribution in [2.24, 2.45) is 0 Å². The Hall–Kier alpha value is -0.810. The highest BCUT2D eigenvalue weighted by atomic mass is 35.5. The van der Waals surface area contributed by atoms with Crippen molar-refractivity contribution in [1.29, 1.82) is 0 Å². The minimum Gasteiger partial charge on any atom is -0.338 e. The molecule has 0 saturated heterocycles. The van der Waals surface area contributed by atoms with E-state index in [0.717, 1.165) is 12.2 Å². The molecule has 0 N–H and O–H groups in total. The Bertz CT molecular complexity index is 371. The highest BCUT2D eigenvalue weighted by Crippen LogP contribution is 2.10. The average molecular weight is 274 g/mol. The Morgan fingerprint density at radius 2 is 2.24 bits per heavy atom. The van der Waals surface area contributed by atoms with Gasteiger partial charge >= 0.3 is 0 Å². The Labute approximate surface area is 111 Å². The molecule has 0 fully saturated rings. The number of rotatable bonds is 5. The van der Waals surface area contributed by atoms with Gasteiger partial charge in [-0.1, -0.05) is 11.6 Å². The third kappa shape index (κ3) is 4.16. The van der Waals surface area contributed by atoms with Crippen LogP contribution in [0.1, 0.15) is 23.8 Å². The maximum absolute atomic E-state index is 12.0. The topological polar surface area (TPSA) is 46.1 Å². The van der Waals surface area contributed by atoms with Crippen LogP contribution in [0.2, 0.25) is 5.15 Å². The predicted octanol–water partition coefficient (Wildman–Crippen LogP) is 2.34. The van der Waals surface area contributed by atoms with E-state index in [1.165, 1.54) is 0 Å². The number of amides is 1. The summed E-state index contributed by atoms with van der Waals surface area (Å²) in [7, 11) is 1.78. The van der Waals surface area contributed by atoms with Crippen molar-refractivity contribution < 1.29 is 4.79 Å². The van der Waals surface area contributed by atoms with Gasteiger partial charge in [0.1, 0.15) is 0 Å². The number of carbonyl (C=O) groups excluding carboxylic acids is 1. The second-order valence-electron chi connectivity index (χ2n) is 3.79. The van der Waals surface area contributed by atoms with Gasteiger partial charge in [-0.2, -0.15) is 11.8 Å². The van der Waals surface area contributed by atoms with Crippen LogP contribution in [0.25, 0.3) is 0 Å². The van der Waals surface area contributed by atoms with Crippen molar-refractivity contribution in [3.63, 3.8) is 0 Å². The smallest absolute Gasteiger partial charge is 0.274 e. The van der Waals surface area contributed by atoms with Gasteiger partial charge in [-0.25, -0.2) is 0 Å². The van der Waals surface area contributed by atoms with E-state index in [2.05, 4.69) is 16.5 Å². The Balaban J connectivity index is 2.65. The van der Waals surface area contributed by atoms with Crippen LogP contribution in [0, 0.1) is 0 Å². The first-order valence-corrected chi connectivity index (χ1v) is 7.08. The van der Waals surface area contributed by atoms with E-state index in [1.54, 1.807) is 35.8 Å². The van der Waals surface area contributed by atoms with Crippen LogP contribution in [0.15, 0.2) is 12.1 Å². The summed E-state index contributed by atoms with van der Waals surface area (Å²) in [5.74, 6) is 0.910. The van der Waals surface area contributed by atoms with Gasteiger partial charge in [0.05, 0.1) is 0 Å². The van der Waals surface area contributed by atoms with Gasteiger partial charge in [-0.3, -0.25) is 4.79 Å². The Kier molecular flexibility index (Phi) is 5.71. The number of hydrogen-bond donors (Lipinski definition) is 0. The van der Waals surface area contributed by atoms with Crippen molar-refractivity contribution >= 4 is 29.3 Å². The molecule has 1 unspecified atom stereocenters. The molecule has 1 atom stereocenters. The molecule has 0 aliphatic heterocycles. The molecule has 1 amide bonds. The molecule has 1 aromatic heterocycles. The maximum Gasteiger partial charge on any atom is 0.274 e. The van der Waals surface area contributed by atoms with Crippen LogP contribution < -0.4 is 0 Å². The third-order valence-corrected chi connectivity index (χ3v) is 3.42. The monoisotopic (exact) mass is 273 g/mol. The molecule has 0 spiro atoms. The average Bonchev–Trinajstić information content (AvgIpc) is 2.35. The van der Waals surface area contributed by atoms with E-state index in [9.17, 15) is 4.79 Å². The summed E-state index contributed by atoms with van der Waals surface area (Å²) >= 11 is 7.40. The van der Waals surface area contributed by atoms with Gasteiger partial charge in [-0.05, 0) is 37.5 Å². The number of nitrogens with zero attached hydrogens (tertiary/aromatic N) is 3. The van der Waals surface area contributed by atoms with Gasteiger partial charge in [0.15, 0.2) is 10.8 Å². The molecule has 0 aromatic carbocycles. The van der Waals surface area contributed by atoms with Crippen LogP contribution in [0.3, 0.4) is 0 Å². The molecule has 17 heavy (non-hydrogen) atoms.